The van der Waals surface area contributed by atoms with Gasteiger partial charge in [-0.1, -0.05) is 12.1 Å². The van der Waals surface area contributed by atoms with Crippen molar-refractivity contribution >= 4 is 17.6 Å². The summed E-state index contributed by atoms with van der Waals surface area (Å²) in [5.41, 5.74) is 8.25. The Labute approximate surface area is 106 Å². The molecular weight excluding hydrogens is 232 g/mol. The third-order valence-corrected chi connectivity index (χ3v) is 2.91. The average Bonchev–Trinajstić information content (AvgIpc) is 2.65. The highest BCUT2D eigenvalue weighted by atomic mass is 16.5. The van der Waals surface area contributed by atoms with Crippen LogP contribution in [0, 0.1) is 0 Å². The highest BCUT2D eigenvalue weighted by Crippen LogP contribution is 2.29. The summed E-state index contributed by atoms with van der Waals surface area (Å²) in [4.78, 5) is 24.8. The Kier molecular flexibility index (Phi) is 3.62. The molecule has 0 bridgehead atoms. The maximum Gasteiger partial charge on any atom is 0.326 e. The number of hydrogen-bond acceptors (Lipinski definition) is 4. The van der Waals surface area contributed by atoms with Gasteiger partial charge in [0.15, 0.2) is 0 Å². The lowest BCUT2D eigenvalue weighted by atomic mass is 10.1. The lowest BCUT2D eigenvalue weighted by molar-refractivity contribution is -0.142. The fourth-order valence-electron chi connectivity index (χ4n) is 2.07. The minimum Gasteiger partial charge on any atom is -0.465 e. The average molecular weight is 248 g/mol. The zero-order chi connectivity index (χ0) is 13.1. The van der Waals surface area contributed by atoms with Crippen molar-refractivity contribution < 1.29 is 14.3 Å². The Balaban J connectivity index is 2.20. The molecule has 0 radical (unpaired) electrons. The van der Waals surface area contributed by atoms with Crippen LogP contribution in [0.4, 0.5) is 5.69 Å². The molecule has 0 unspecified atom stereocenters. The molecule has 1 aromatic rings. The van der Waals surface area contributed by atoms with Gasteiger partial charge in [-0.05, 0) is 24.1 Å². The van der Waals surface area contributed by atoms with E-state index in [0.717, 1.165) is 16.8 Å². The second kappa shape index (κ2) is 5.18. The van der Waals surface area contributed by atoms with Crippen molar-refractivity contribution in [2.45, 2.75) is 19.9 Å². The first-order valence-electron chi connectivity index (χ1n) is 5.93. The minimum absolute atomic E-state index is 0.0261. The van der Waals surface area contributed by atoms with E-state index in [0.29, 0.717) is 19.6 Å². The number of amides is 1. The van der Waals surface area contributed by atoms with E-state index in [-0.39, 0.29) is 18.4 Å². The van der Waals surface area contributed by atoms with E-state index >= 15 is 0 Å². The van der Waals surface area contributed by atoms with Crippen LogP contribution in [0.5, 0.6) is 0 Å². The van der Waals surface area contributed by atoms with Gasteiger partial charge in [0.05, 0.1) is 13.0 Å². The van der Waals surface area contributed by atoms with E-state index in [1.807, 2.05) is 18.2 Å². The number of rotatable bonds is 4. The molecular formula is C13H16N2O3. The number of anilines is 1. The number of hydrogen-bond donors (Lipinski definition) is 1. The molecule has 0 saturated heterocycles. The number of benzene rings is 1. The molecule has 0 atom stereocenters. The molecule has 2 N–H and O–H groups in total. The van der Waals surface area contributed by atoms with Crippen LogP contribution < -0.4 is 10.6 Å². The highest BCUT2D eigenvalue weighted by molar-refractivity contribution is 6.04. The van der Waals surface area contributed by atoms with Crippen molar-refractivity contribution in [2.75, 3.05) is 18.1 Å². The summed E-state index contributed by atoms with van der Waals surface area (Å²) >= 11 is 0. The van der Waals surface area contributed by atoms with Gasteiger partial charge in [-0.3, -0.25) is 9.59 Å². The first-order chi connectivity index (χ1) is 8.65. The monoisotopic (exact) mass is 248 g/mol. The number of nitrogens with zero attached hydrogens (tertiary/aromatic N) is 1. The molecule has 18 heavy (non-hydrogen) atoms. The van der Waals surface area contributed by atoms with E-state index in [9.17, 15) is 9.59 Å². The van der Waals surface area contributed by atoms with Crippen molar-refractivity contribution in [1.29, 1.82) is 0 Å². The Bertz CT molecular complexity index is 485. The van der Waals surface area contributed by atoms with Crippen LogP contribution in [0.2, 0.25) is 0 Å². The molecule has 5 heteroatoms. The zero-order valence-electron chi connectivity index (χ0n) is 10.3. The van der Waals surface area contributed by atoms with Crippen LogP contribution in [0.15, 0.2) is 18.2 Å². The van der Waals surface area contributed by atoms with Gasteiger partial charge in [0.25, 0.3) is 0 Å². The van der Waals surface area contributed by atoms with Gasteiger partial charge in [0.1, 0.15) is 6.54 Å². The summed E-state index contributed by atoms with van der Waals surface area (Å²) in [7, 11) is 0. The molecule has 0 fully saturated rings. The second-order valence-electron chi connectivity index (χ2n) is 4.13. The van der Waals surface area contributed by atoms with Gasteiger partial charge in [-0.25, -0.2) is 0 Å². The molecule has 1 aliphatic rings. The Morgan fingerprint density at radius 3 is 2.94 bits per heavy atom. The Morgan fingerprint density at radius 2 is 2.28 bits per heavy atom. The molecule has 1 aromatic carbocycles. The topological polar surface area (TPSA) is 72.6 Å². The molecule has 0 aliphatic carbocycles. The van der Waals surface area contributed by atoms with Gasteiger partial charge >= 0.3 is 5.97 Å². The normalized spacial score (nSPS) is 13.7. The maximum absolute atomic E-state index is 11.9. The number of fused-ring (bicyclic) bond motifs is 1. The summed E-state index contributed by atoms with van der Waals surface area (Å²) in [6, 6.07) is 5.62. The molecule has 1 amide bonds. The van der Waals surface area contributed by atoms with E-state index in [1.165, 1.54) is 4.90 Å². The van der Waals surface area contributed by atoms with Gasteiger partial charge in [-0.2, -0.15) is 0 Å². The zero-order valence-corrected chi connectivity index (χ0v) is 10.3. The smallest absolute Gasteiger partial charge is 0.326 e. The fourth-order valence-corrected chi connectivity index (χ4v) is 2.07. The van der Waals surface area contributed by atoms with Crippen LogP contribution in [0.3, 0.4) is 0 Å². The van der Waals surface area contributed by atoms with Crippen molar-refractivity contribution in [3.05, 3.63) is 29.3 Å². The van der Waals surface area contributed by atoms with Gasteiger partial charge in [-0.15, -0.1) is 0 Å². The summed E-state index contributed by atoms with van der Waals surface area (Å²) in [6.45, 7) is 2.48. The maximum atomic E-state index is 11.9. The van der Waals surface area contributed by atoms with Crippen molar-refractivity contribution in [3.63, 3.8) is 0 Å². The molecule has 0 saturated carbocycles. The van der Waals surface area contributed by atoms with Crippen molar-refractivity contribution in [3.8, 4) is 0 Å². The fraction of sp³-hybridized carbons (Fsp3) is 0.385. The van der Waals surface area contributed by atoms with Gasteiger partial charge in [0, 0.05) is 12.2 Å². The van der Waals surface area contributed by atoms with E-state index in [2.05, 4.69) is 0 Å². The molecule has 5 nitrogen and oxygen atoms in total. The second-order valence-corrected chi connectivity index (χ2v) is 4.13. The predicted octanol–water partition coefficient (Wildman–Crippen LogP) is 0.597. The van der Waals surface area contributed by atoms with Crippen LogP contribution in [0.25, 0.3) is 0 Å². The molecule has 1 aliphatic heterocycles. The lowest BCUT2D eigenvalue weighted by Crippen LogP contribution is -2.33. The number of carbonyl (C=O) groups excluding carboxylic acids is 2. The largest absolute Gasteiger partial charge is 0.465 e. The van der Waals surface area contributed by atoms with Crippen molar-refractivity contribution in [1.82, 2.24) is 0 Å². The van der Waals surface area contributed by atoms with Crippen LogP contribution in [0.1, 0.15) is 18.1 Å². The third kappa shape index (κ3) is 2.36. The quantitative estimate of drug-likeness (QED) is 0.792. The van der Waals surface area contributed by atoms with Crippen molar-refractivity contribution in [2.24, 2.45) is 5.73 Å². The Morgan fingerprint density at radius 1 is 1.50 bits per heavy atom. The SMILES string of the molecule is CCOC(=O)CN1C(=O)Cc2cc(CN)ccc21. The molecule has 0 spiro atoms. The minimum atomic E-state index is -0.387. The number of esters is 1. The van der Waals surface area contributed by atoms with E-state index in [4.69, 9.17) is 10.5 Å². The lowest BCUT2D eigenvalue weighted by Gasteiger charge is -2.16. The van der Waals surface area contributed by atoms with Crippen LogP contribution >= 0.6 is 0 Å². The van der Waals surface area contributed by atoms with E-state index in [1.54, 1.807) is 6.92 Å². The molecule has 1 heterocycles. The summed E-state index contributed by atoms with van der Waals surface area (Å²) < 4.78 is 4.86. The predicted molar refractivity (Wildman–Crippen MR) is 67.0 cm³/mol. The van der Waals surface area contributed by atoms with Gasteiger partial charge in [0.2, 0.25) is 5.91 Å². The molecule has 0 aromatic heterocycles. The van der Waals surface area contributed by atoms with Gasteiger partial charge < -0.3 is 15.4 Å². The van der Waals surface area contributed by atoms with Crippen LogP contribution in [-0.2, 0) is 27.3 Å². The first kappa shape index (κ1) is 12.6. The Hall–Kier alpha value is -1.88. The highest BCUT2D eigenvalue weighted by Gasteiger charge is 2.29. The number of nitrogens with two attached hydrogens (primary N) is 1. The number of ether oxygens (including phenoxy) is 1. The number of carbonyl (C=O) groups is 2. The summed E-state index contributed by atoms with van der Waals surface area (Å²) in [5.74, 6) is -0.464. The summed E-state index contributed by atoms with van der Waals surface area (Å²) in [6.07, 6.45) is 0.322. The summed E-state index contributed by atoms with van der Waals surface area (Å²) in [5, 5.41) is 0. The standard InChI is InChI=1S/C13H16N2O3/c1-2-18-13(17)8-15-11-4-3-9(7-14)5-10(11)6-12(15)16/h3-5H,2,6-8,14H2,1H3. The third-order valence-electron chi connectivity index (χ3n) is 2.91. The van der Waals surface area contributed by atoms with E-state index < -0.39 is 0 Å². The molecule has 2 rings (SSSR count). The molecule has 96 valence electrons. The first-order valence-corrected chi connectivity index (χ1v) is 5.93. The van der Waals surface area contributed by atoms with Crippen LogP contribution in [-0.4, -0.2) is 25.0 Å².